The fraction of sp³-hybridized carbons (Fsp3) is 0.478. The molecule has 0 radical (unpaired) electrons. The maximum absolute atomic E-state index is 14.7. The summed E-state index contributed by atoms with van der Waals surface area (Å²) < 4.78 is 52.3. The number of aliphatic hydroxyl groups excluding tert-OH is 2. The average molecular weight is 815 g/mol. The number of carbonyl (C=O) groups is 1. The zero-order valence-electron chi connectivity index (χ0n) is 33.9. The van der Waals surface area contributed by atoms with Gasteiger partial charge in [-0.1, -0.05) is 54.4 Å². The molecule has 3 aromatic carbocycles. The minimum Gasteiger partial charge on any atom is -0.489 e. The predicted molar refractivity (Wildman–Crippen MR) is 218 cm³/mol. The smallest absolute Gasteiger partial charge is 0.410 e. The molecule has 316 valence electrons. The first-order valence-electron chi connectivity index (χ1n) is 20.6. The Morgan fingerprint density at radius 2 is 1.80 bits per heavy atom. The Labute approximate surface area is 345 Å². The molecule has 1 fully saturated rings. The van der Waals surface area contributed by atoms with Crippen LogP contribution in [-0.4, -0.2) is 79.1 Å². The highest BCUT2D eigenvalue weighted by molar-refractivity contribution is 6.03. The molecule has 3 aromatic rings. The highest BCUT2D eigenvalue weighted by Gasteiger charge is 2.65. The zero-order chi connectivity index (χ0) is 41.4. The van der Waals surface area contributed by atoms with E-state index in [1.54, 1.807) is 36.1 Å². The number of fused-ring (bicyclic) bond motifs is 3. The number of ether oxygens (including phenoxy) is 6. The van der Waals surface area contributed by atoms with Crippen molar-refractivity contribution in [2.75, 3.05) is 40.3 Å². The van der Waals surface area contributed by atoms with Gasteiger partial charge in [0.15, 0.2) is 11.5 Å². The summed E-state index contributed by atoms with van der Waals surface area (Å²) in [5, 5.41) is 24.4. The fourth-order valence-corrected chi connectivity index (χ4v) is 9.37. The maximum atomic E-state index is 14.7. The van der Waals surface area contributed by atoms with Gasteiger partial charge in [0.05, 0.1) is 24.8 Å². The van der Waals surface area contributed by atoms with Gasteiger partial charge in [-0.05, 0) is 92.0 Å². The predicted octanol–water partition coefficient (Wildman–Crippen LogP) is 8.06. The van der Waals surface area contributed by atoms with Crippen LogP contribution in [0.15, 0.2) is 90.1 Å². The van der Waals surface area contributed by atoms with E-state index in [2.05, 4.69) is 17.8 Å². The van der Waals surface area contributed by atoms with E-state index in [1.807, 2.05) is 36.4 Å². The number of oxime groups is 1. The zero-order valence-corrected chi connectivity index (χ0v) is 33.9. The number of nitrogens with zero attached hydrogens (tertiary/aromatic N) is 2. The third kappa shape index (κ3) is 8.78. The molecule has 0 unspecified atom stereocenters. The molecule has 2 heterocycles. The van der Waals surface area contributed by atoms with Gasteiger partial charge in [-0.25, -0.2) is 9.18 Å². The number of halogens is 1. The van der Waals surface area contributed by atoms with Gasteiger partial charge in [0.25, 0.3) is 0 Å². The number of hydrogen-bond donors (Lipinski definition) is 2. The molecule has 13 heteroatoms. The summed E-state index contributed by atoms with van der Waals surface area (Å²) in [6.45, 7) is 6.44. The van der Waals surface area contributed by atoms with Gasteiger partial charge in [0, 0.05) is 43.2 Å². The minimum absolute atomic E-state index is 0.0117. The monoisotopic (exact) mass is 814 g/mol. The van der Waals surface area contributed by atoms with Crippen LogP contribution in [0.1, 0.15) is 74.5 Å². The summed E-state index contributed by atoms with van der Waals surface area (Å²) in [5.74, 6) is -0.224. The fourth-order valence-electron chi connectivity index (χ4n) is 9.37. The van der Waals surface area contributed by atoms with Crippen molar-refractivity contribution >= 4 is 11.8 Å². The van der Waals surface area contributed by atoms with E-state index >= 15 is 0 Å². The van der Waals surface area contributed by atoms with Crippen LogP contribution >= 0.6 is 0 Å². The molecular weight excluding hydrogens is 760 g/mol. The quantitative estimate of drug-likeness (QED) is 0.0695. The number of allylic oxidation sites excluding steroid dienone is 1. The van der Waals surface area contributed by atoms with Gasteiger partial charge in [-0.3, -0.25) is 4.90 Å². The summed E-state index contributed by atoms with van der Waals surface area (Å²) in [4.78, 5) is 21.6. The van der Waals surface area contributed by atoms with E-state index in [1.165, 1.54) is 13.2 Å². The highest BCUT2D eigenvalue weighted by atomic mass is 19.1. The van der Waals surface area contributed by atoms with Gasteiger partial charge in [-0.15, -0.1) is 6.58 Å². The van der Waals surface area contributed by atoms with Crippen molar-refractivity contribution in [1.82, 2.24) is 4.90 Å². The van der Waals surface area contributed by atoms with Crippen LogP contribution in [0, 0.1) is 23.6 Å². The van der Waals surface area contributed by atoms with Crippen LogP contribution in [0.4, 0.5) is 9.18 Å². The first kappa shape index (κ1) is 42.0. The molecule has 2 aliphatic carbocycles. The third-order valence-electron chi connectivity index (χ3n) is 11.9. The second-order valence-electron chi connectivity index (χ2n) is 15.3. The third-order valence-corrected chi connectivity index (χ3v) is 11.9. The van der Waals surface area contributed by atoms with Crippen molar-refractivity contribution in [3.63, 3.8) is 0 Å². The van der Waals surface area contributed by atoms with Gasteiger partial charge in [-0.2, -0.15) is 0 Å². The Bertz CT molecular complexity index is 2010. The van der Waals surface area contributed by atoms with E-state index in [0.29, 0.717) is 47.1 Å². The van der Waals surface area contributed by atoms with Crippen LogP contribution in [0.5, 0.6) is 23.0 Å². The van der Waals surface area contributed by atoms with Crippen LogP contribution < -0.4 is 18.9 Å². The molecule has 7 rings (SSSR count). The van der Waals surface area contributed by atoms with Crippen molar-refractivity contribution in [3.8, 4) is 23.0 Å². The molecule has 1 saturated carbocycles. The van der Waals surface area contributed by atoms with Crippen molar-refractivity contribution < 1.29 is 52.7 Å². The lowest BCUT2D eigenvalue weighted by atomic mass is 9.55. The van der Waals surface area contributed by atoms with Crippen LogP contribution in [0.25, 0.3) is 0 Å². The lowest BCUT2D eigenvalue weighted by molar-refractivity contribution is -0.256. The topological polar surface area (TPSA) is 138 Å². The second kappa shape index (κ2) is 19.3. The Kier molecular flexibility index (Phi) is 13.8. The van der Waals surface area contributed by atoms with Crippen molar-refractivity contribution in [3.05, 3.63) is 107 Å². The Balaban J connectivity index is 1.41. The molecule has 2 N–H and O–H groups in total. The van der Waals surface area contributed by atoms with Gasteiger partial charge >= 0.3 is 6.09 Å². The number of amides is 1. The molecule has 4 aliphatic rings. The Morgan fingerprint density at radius 1 is 1.02 bits per heavy atom. The molecule has 0 aromatic heterocycles. The summed E-state index contributed by atoms with van der Waals surface area (Å²) in [5.41, 5.74) is 3.67. The van der Waals surface area contributed by atoms with Crippen molar-refractivity contribution in [2.24, 2.45) is 22.9 Å². The number of unbranched alkanes of at least 4 members (excludes halogenated alkanes) is 2. The van der Waals surface area contributed by atoms with E-state index in [-0.39, 0.29) is 76.4 Å². The summed E-state index contributed by atoms with van der Waals surface area (Å²) in [6, 6.07) is 17.0. The normalized spacial score (nSPS) is 24.3. The molecule has 12 nitrogen and oxygen atoms in total. The Hall–Kier alpha value is -5.11. The molecule has 59 heavy (non-hydrogen) atoms. The van der Waals surface area contributed by atoms with E-state index < -0.39 is 23.8 Å². The molecule has 2 aliphatic heterocycles. The summed E-state index contributed by atoms with van der Waals surface area (Å²) in [7, 11) is 1.51. The largest absolute Gasteiger partial charge is 0.489 e. The number of aliphatic hydroxyl groups is 2. The Morgan fingerprint density at radius 3 is 2.56 bits per heavy atom. The van der Waals surface area contributed by atoms with Crippen molar-refractivity contribution in [1.29, 1.82) is 0 Å². The second-order valence-corrected chi connectivity index (χ2v) is 15.3. The van der Waals surface area contributed by atoms with E-state index in [0.717, 1.165) is 42.4 Å². The lowest BCUT2D eigenvalue weighted by Crippen LogP contribution is -2.70. The number of rotatable bonds is 19. The van der Waals surface area contributed by atoms with E-state index in [4.69, 9.17) is 33.3 Å². The molecule has 6 atom stereocenters. The van der Waals surface area contributed by atoms with Crippen molar-refractivity contribution in [2.45, 2.75) is 82.8 Å². The highest BCUT2D eigenvalue weighted by Crippen LogP contribution is 2.62. The minimum atomic E-state index is -1.48. The van der Waals surface area contributed by atoms with Crippen LogP contribution in [0.3, 0.4) is 0 Å². The number of benzene rings is 3. The first-order chi connectivity index (χ1) is 28.8. The van der Waals surface area contributed by atoms with Crippen LogP contribution in [-0.2, 0) is 27.5 Å². The summed E-state index contributed by atoms with van der Waals surface area (Å²) >= 11 is 0. The standard InChI is InChI=1S/C46H55FN2O10/c1-4-22-58-46-42(49(45(52)54-5-2)27-30-16-18-40-41(23-30)57-29-56-40)26-38(48-53-3)35-24-31(12-8-10-20-50)34(14-9-11-21-51)43(44(35)46)36-25-33(17-19-39(36)59-46)55-28-32-13-6-7-15-37(32)47/h4,6-7,13,15-19,23-25,31,34,42-44,50-51H,1,5,8-12,14,20-22,26-29H2,2-3H3/t31-,34+,42-,43+,44+,46+/m0/s1. The van der Waals surface area contributed by atoms with E-state index in [9.17, 15) is 19.4 Å². The van der Waals surface area contributed by atoms with Crippen LogP contribution in [0.2, 0.25) is 0 Å². The lowest BCUT2D eigenvalue weighted by Gasteiger charge is -2.59. The molecule has 0 saturated heterocycles. The maximum Gasteiger partial charge on any atom is 0.410 e. The van der Waals surface area contributed by atoms with Gasteiger partial charge < -0.3 is 43.5 Å². The van der Waals surface area contributed by atoms with Gasteiger partial charge in [0.1, 0.15) is 37.1 Å². The molecule has 0 bridgehead atoms. The number of carbonyl (C=O) groups excluding carboxylic acids is 1. The summed E-state index contributed by atoms with van der Waals surface area (Å²) in [6.07, 6.45) is 8.05. The molecule has 0 spiro atoms. The SMILES string of the molecule is C=CCO[C@@]12Oc3ccc(OCc4ccccc4F)cc3[C@H]3[C@H](CCCCO)[C@@H](CCCCO)C=C(C(=NOC)C[C@@H]1N(Cc1ccc4c(c1)OCO4)C(=O)OCC)[C@H]32. The van der Waals surface area contributed by atoms with Gasteiger partial charge in [0.2, 0.25) is 12.6 Å². The molecular formula is C46H55FN2O10. The number of hydrogen-bond acceptors (Lipinski definition) is 11. The molecule has 1 amide bonds. The average Bonchev–Trinajstić information content (AvgIpc) is 3.72. The first-order valence-corrected chi connectivity index (χ1v) is 20.6.